The van der Waals surface area contributed by atoms with Gasteiger partial charge in [-0.15, -0.1) is 0 Å². The van der Waals surface area contributed by atoms with Crippen LogP contribution in [0.15, 0.2) is 24.3 Å². The van der Waals surface area contributed by atoms with Gasteiger partial charge in [-0.25, -0.2) is 4.79 Å². The van der Waals surface area contributed by atoms with Crippen LogP contribution in [0.2, 0.25) is 0 Å². The zero-order valence-corrected chi connectivity index (χ0v) is 18.7. The summed E-state index contributed by atoms with van der Waals surface area (Å²) in [7, 11) is 0. The molecule has 0 bridgehead atoms. The molecule has 7 nitrogen and oxygen atoms in total. The summed E-state index contributed by atoms with van der Waals surface area (Å²) in [5.74, 6) is -1.09. The largest absolute Gasteiger partial charge is 0.493 e. The van der Waals surface area contributed by atoms with Gasteiger partial charge in [0.25, 0.3) is 0 Å². The number of carboxylic acid groups (broad SMARTS) is 1. The maximum absolute atomic E-state index is 11.8. The molecule has 0 atom stereocenters. The Bertz CT molecular complexity index is 641. The second-order valence-electron chi connectivity index (χ2n) is 8.20. The molecule has 0 saturated carbocycles. The average molecular weight is 439 g/mol. The fraction of sp³-hybridized carbons (Fsp3) is 0.667. The van der Waals surface area contributed by atoms with Crippen LogP contribution in [0.25, 0.3) is 0 Å². The van der Waals surface area contributed by atoms with E-state index in [0.29, 0.717) is 19.0 Å². The van der Waals surface area contributed by atoms with Gasteiger partial charge in [0.2, 0.25) is 0 Å². The molecule has 0 aliphatic heterocycles. The number of carbonyl (C=O) groups excluding carboxylic acids is 1. The second-order valence-corrected chi connectivity index (χ2v) is 8.20. The van der Waals surface area contributed by atoms with Crippen molar-refractivity contribution in [1.29, 1.82) is 0 Å². The first-order valence-electron chi connectivity index (χ1n) is 11.3. The van der Waals surface area contributed by atoms with Gasteiger partial charge in [-0.05, 0) is 31.9 Å². The lowest BCUT2D eigenvalue weighted by Gasteiger charge is -2.22. The molecule has 0 saturated heterocycles. The molecule has 0 spiro atoms. The number of benzene rings is 1. The van der Waals surface area contributed by atoms with E-state index in [2.05, 4.69) is 0 Å². The summed E-state index contributed by atoms with van der Waals surface area (Å²) >= 11 is 0. The zero-order valence-electron chi connectivity index (χ0n) is 18.7. The van der Waals surface area contributed by atoms with Gasteiger partial charge in [0.15, 0.2) is 0 Å². The van der Waals surface area contributed by atoms with E-state index in [0.717, 1.165) is 44.9 Å². The normalized spacial score (nSPS) is 11.3. The summed E-state index contributed by atoms with van der Waals surface area (Å²) < 4.78 is 10.7. The third-order valence-electron chi connectivity index (χ3n) is 5.34. The highest BCUT2D eigenvalue weighted by atomic mass is 16.5. The van der Waals surface area contributed by atoms with Crippen molar-refractivity contribution in [2.75, 3.05) is 26.4 Å². The van der Waals surface area contributed by atoms with Crippen LogP contribution < -0.4 is 4.74 Å². The van der Waals surface area contributed by atoms with Gasteiger partial charge in [-0.3, -0.25) is 4.79 Å². The summed E-state index contributed by atoms with van der Waals surface area (Å²) in [6.07, 6.45) is 10.8. The van der Waals surface area contributed by atoms with Crippen LogP contribution in [0.3, 0.4) is 0 Å². The van der Waals surface area contributed by atoms with E-state index in [1.165, 1.54) is 26.2 Å². The molecule has 7 heteroatoms. The Kier molecular flexibility index (Phi) is 13.6. The number of carbonyl (C=O) groups is 2. The first kappa shape index (κ1) is 26.9. The van der Waals surface area contributed by atoms with Crippen LogP contribution in [0.5, 0.6) is 5.75 Å². The molecule has 0 unspecified atom stereocenters. The Morgan fingerprint density at radius 2 is 1.29 bits per heavy atom. The number of unbranched alkanes of at least 4 members (excludes halogenated alkanes) is 9. The summed E-state index contributed by atoms with van der Waals surface area (Å²) in [5, 5.41) is 27.4. The van der Waals surface area contributed by atoms with Gasteiger partial charge < -0.3 is 24.8 Å². The molecule has 0 heterocycles. The number of esters is 1. The number of carboxylic acids is 1. The molecule has 0 radical (unpaired) electrons. The van der Waals surface area contributed by atoms with Crippen molar-refractivity contribution in [3.05, 3.63) is 29.8 Å². The second kappa shape index (κ2) is 15.6. The van der Waals surface area contributed by atoms with E-state index in [4.69, 9.17) is 24.8 Å². The Balaban J connectivity index is 1.92. The SMILES string of the molecule is CC(CO)(CO)C(=O)OCCCCCCCCCCCCOc1ccccc1C(=O)O. The standard InChI is InChI=1S/C24H38O7/c1-24(18-25,19-26)23(29)31-17-13-9-7-5-3-2-4-6-8-12-16-30-21-15-11-10-14-20(21)22(27)28/h10-11,14-15,25-26H,2-9,12-13,16-19H2,1H3,(H,27,28). The number of aliphatic hydroxyl groups excluding tert-OH is 2. The number of rotatable bonds is 18. The average Bonchev–Trinajstić information content (AvgIpc) is 2.78. The van der Waals surface area contributed by atoms with E-state index >= 15 is 0 Å². The summed E-state index contributed by atoms with van der Waals surface area (Å²) in [4.78, 5) is 22.9. The number of aromatic carboxylic acids is 1. The molecule has 1 aromatic rings. The first-order valence-corrected chi connectivity index (χ1v) is 11.3. The third kappa shape index (κ3) is 10.6. The number of ether oxygens (including phenoxy) is 2. The zero-order chi connectivity index (χ0) is 23.0. The van der Waals surface area contributed by atoms with Crippen molar-refractivity contribution < 1.29 is 34.4 Å². The van der Waals surface area contributed by atoms with E-state index in [-0.39, 0.29) is 5.56 Å². The maximum Gasteiger partial charge on any atom is 0.339 e. The van der Waals surface area contributed by atoms with Crippen LogP contribution in [0.1, 0.15) is 81.5 Å². The summed E-state index contributed by atoms with van der Waals surface area (Å²) in [6.45, 7) is 1.50. The quantitative estimate of drug-likeness (QED) is 0.232. The molecular formula is C24H38O7. The molecule has 0 aliphatic carbocycles. The van der Waals surface area contributed by atoms with Gasteiger partial charge in [0.05, 0.1) is 26.4 Å². The molecule has 1 rings (SSSR count). The lowest BCUT2D eigenvalue weighted by Crippen LogP contribution is -2.37. The maximum atomic E-state index is 11.8. The van der Waals surface area contributed by atoms with Crippen molar-refractivity contribution in [2.45, 2.75) is 71.1 Å². The van der Waals surface area contributed by atoms with Crippen LogP contribution in [0.4, 0.5) is 0 Å². The minimum Gasteiger partial charge on any atom is -0.493 e. The van der Waals surface area contributed by atoms with E-state index in [9.17, 15) is 9.59 Å². The summed E-state index contributed by atoms with van der Waals surface area (Å²) in [5.41, 5.74) is -1.01. The molecule has 0 fully saturated rings. The Labute approximate surface area is 185 Å². The molecular weight excluding hydrogens is 400 g/mol. The molecule has 0 aliphatic rings. The number of aliphatic hydroxyl groups is 2. The lowest BCUT2D eigenvalue weighted by atomic mass is 9.93. The molecule has 0 amide bonds. The van der Waals surface area contributed by atoms with Gasteiger partial charge in [0.1, 0.15) is 16.7 Å². The number of hydrogen-bond acceptors (Lipinski definition) is 6. The Morgan fingerprint density at radius 1 is 0.806 bits per heavy atom. The van der Waals surface area contributed by atoms with Crippen LogP contribution >= 0.6 is 0 Å². The van der Waals surface area contributed by atoms with Crippen LogP contribution in [-0.2, 0) is 9.53 Å². The van der Waals surface area contributed by atoms with Crippen molar-refractivity contribution >= 4 is 11.9 Å². The lowest BCUT2D eigenvalue weighted by molar-refractivity contribution is -0.160. The highest BCUT2D eigenvalue weighted by Crippen LogP contribution is 2.19. The van der Waals surface area contributed by atoms with Crippen LogP contribution in [-0.4, -0.2) is 53.7 Å². The van der Waals surface area contributed by atoms with Crippen molar-refractivity contribution in [2.24, 2.45) is 5.41 Å². The van der Waals surface area contributed by atoms with Crippen LogP contribution in [0, 0.1) is 5.41 Å². The molecule has 3 N–H and O–H groups in total. The third-order valence-corrected chi connectivity index (χ3v) is 5.34. The summed E-state index contributed by atoms with van der Waals surface area (Å²) in [6, 6.07) is 6.71. The highest BCUT2D eigenvalue weighted by Gasteiger charge is 2.33. The van der Waals surface area contributed by atoms with E-state index in [1.54, 1.807) is 24.3 Å². The first-order chi connectivity index (χ1) is 14.9. The van der Waals surface area contributed by atoms with Gasteiger partial charge in [-0.1, -0.05) is 63.5 Å². The highest BCUT2D eigenvalue weighted by molar-refractivity contribution is 5.90. The topological polar surface area (TPSA) is 113 Å². The minimum absolute atomic E-state index is 0.203. The Hall–Kier alpha value is -2.12. The smallest absolute Gasteiger partial charge is 0.339 e. The van der Waals surface area contributed by atoms with Crippen molar-refractivity contribution in [3.8, 4) is 5.75 Å². The molecule has 0 aromatic heterocycles. The predicted molar refractivity (Wildman–Crippen MR) is 118 cm³/mol. The Morgan fingerprint density at radius 3 is 1.81 bits per heavy atom. The minimum atomic E-state index is -1.21. The van der Waals surface area contributed by atoms with Crippen molar-refractivity contribution in [1.82, 2.24) is 0 Å². The van der Waals surface area contributed by atoms with Gasteiger partial charge in [0, 0.05) is 0 Å². The monoisotopic (exact) mass is 438 g/mol. The van der Waals surface area contributed by atoms with Crippen molar-refractivity contribution in [3.63, 3.8) is 0 Å². The predicted octanol–water partition coefficient (Wildman–Crippen LogP) is 4.20. The molecule has 176 valence electrons. The number of para-hydroxylation sites is 1. The van der Waals surface area contributed by atoms with Gasteiger partial charge in [-0.2, -0.15) is 0 Å². The van der Waals surface area contributed by atoms with E-state index < -0.39 is 30.6 Å². The van der Waals surface area contributed by atoms with E-state index in [1.807, 2.05) is 0 Å². The van der Waals surface area contributed by atoms with Gasteiger partial charge >= 0.3 is 11.9 Å². The number of hydrogen-bond donors (Lipinski definition) is 3. The fourth-order valence-electron chi connectivity index (χ4n) is 3.09. The fourth-order valence-corrected chi connectivity index (χ4v) is 3.09. The molecule has 1 aromatic carbocycles. The molecule has 31 heavy (non-hydrogen) atoms.